The summed E-state index contributed by atoms with van der Waals surface area (Å²) in [6, 6.07) is 9.05. The van der Waals surface area contributed by atoms with Crippen LogP contribution in [-0.4, -0.2) is 7.11 Å². The predicted octanol–water partition coefficient (Wildman–Crippen LogP) is 3.30. The van der Waals surface area contributed by atoms with E-state index < -0.39 is 0 Å². The van der Waals surface area contributed by atoms with E-state index in [-0.39, 0.29) is 5.82 Å². The first-order valence-corrected chi connectivity index (χ1v) is 4.45. The van der Waals surface area contributed by atoms with Crippen LogP contribution in [0.1, 0.15) is 5.56 Å². The molecule has 2 aromatic carbocycles. The highest BCUT2D eigenvalue weighted by Crippen LogP contribution is 2.26. The van der Waals surface area contributed by atoms with Crippen molar-refractivity contribution < 1.29 is 9.13 Å². The molecule has 0 atom stereocenters. The number of fused-ring (bicyclic) bond motifs is 1. The van der Waals surface area contributed by atoms with Gasteiger partial charge in [0.1, 0.15) is 0 Å². The van der Waals surface area contributed by atoms with Gasteiger partial charge in [-0.1, -0.05) is 18.2 Å². The van der Waals surface area contributed by atoms with Crippen molar-refractivity contribution in [3.8, 4) is 5.75 Å². The minimum absolute atomic E-state index is 0.298. The van der Waals surface area contributed by atoms with Crippen molar-refractivity contribution in [2.75, 3.05) is 7.11 Å². The summed E-state index contributed by atoms with van der Waals surface area (Å²) >= 11 is 0. The molecule has 0 saturated carbocycles. The molecule has 0 aromatic heterocycles. The van der Waals surface area contributed by atoms with E-state index in [1.807, 2.05) is 25.1 Å². The summed E-state index contributed by atoms with van der Waals surface area (Å²) in [4.78, 5) is 0. The maximum absolute atomic E-state index is 13.3. The van der Waals surface area contributed by atoms with Gasteiger partial charge >= 0.3 is 0 Å². The van der Waals surface area contributed by atoms with Crippen molar-refractivity contribution in [1.29, 1.82) is 0 Å². The Balaban J connectivity index is 2.80. The van der Waals surface area contributed by atoms with E-state index >= 15 is 0 Å². The van der Waals surface area contributed by atoms with Crippen LogP contribution >= 0.6 is 0 Å². The Morgan fingerprint density at radius 3 is 2.71 bits per heavy atom. The Bertz CT molecular complexity index is 477. The fourth-order valence-electron chi connectivity index (χ4n) is 1.59. The average Bonchev–Trinajstić information content (AvgIpc) is 2.17. The van der Waals surface area contributed by atoms with Crippen LogP contribution in [0.3, 0.4) is 0 Å². The Kier molecular flexibility index (Phi) is 2.12. The smallest absolute Gasteiger partial charge is 0.165 e. The first kappa shape index (κ1) is 9.00. The fourth-order valence-corrected chi connectivity index (χ4v) is 1.59. The third-order valence-corrected chi connectivity index (χ3v) is 2.37. The summed E-state index contributed by atoms with van der Waals surface area (Å²) in [6.07, 6.45) is 0. The van der Waals surface area contributed by atoms with Gasteiger partial charge in [-0.15, -0.1) is 0 Å². The molecular formula is C12H11FO. The van der Waals surface area contributed by atoms with Gasteiger partial charge in [0.15, 0.2) is 11.6 Å². The predicted molar refractivity (Wildman–Crippen MR) is 55.2 cm³/mol. The monoisotopic (exact) mass is 190 g/mol. The van der Waals surface area contributed by atoms with Crippen LogP contribution < -0.4 is 4.74 Å². The third kappa shape index (κ3) is 1.33. The first-order valence-electron chi connectivity index (χ1n) is 4.45. The normalized spacial score (nSPS) is 10.5. The van der Waals surface area contributed by atoms with Crippen molar-refractivity contribution >= 4 is 10.8 Å². The maximum Gasteiger partial charge on any atom is 0.165 e. The fraction of sp³-hybridized carbons (Fsp3) is 0.167. The molecule has 2 rings (SSSR count). The number of ether oxygens (including phenoxy) is 1. The second-order valence-electron chi connectivity index (χ2n) is 3.28. The summed E-state index contributed by atoms with van der Waals surface area (Å²) < 4.78 is 18.3. The van der Waals surface area contributed by atoms with Crippen molar-refractivity contribution in [2.24, 2.45) is 0 Å². The van der Waals surface area contributed by atoms with Crippen LogP contribution in [0.5, 0.6) is 5.75 Å². The number of benzene rings is 2. The molecule has 0 aliphatic carbocycles. The lowest BCUT2D eigenvalue weighted by atomic mass is 10.1. The topological polar surface area (TPSA) is 9.23 Å². The second kappa shape index (κ2) is 3.29. The Labute approximate surface area is 82.1 Å². The van der Waals surface area contributed by atoms with E-state index in [0.29, 0.717) is 5.75 Å². The van der Waals surface area contributed by atoms with Gasteiger partial charge in [-0.2, -0.15) is 0 Å². The molecule has 0 amide bonds. The highest BCUT2D eigenvalue weighted by Gasteiger charge is 2.05. The SMILES string of the molecule is COc1cc2c(C)cccc2cc1F. The molecular weight excluding hydrogens is 179 g/mol. The quantitative estimate of drug-likeness (QED) is 0.670. The molecule has 0 aliphatic rings. The summed E-state index contributed by atoms with van der Waals surface area (Å²) in [5.74, 6) is -0.0163. The first-order chi connectivity index (χ1) is 6.72. The van der Waals surface area contributed by atoms with Crippen LogP contribution in [0.25, 0.3) is 10.8 Å². The molecule has 0 spiro atoms. The van der Waals surface area contributed by atoms with Gasteiger partial charge in [-0.3, -0.25) is 0 Å². The van der Waals surface area contributed by atoms with Crippen LogP contribution in [0.15, 0.2) is 30.3 Å². The van der Waals surface area contributed by atoms with E-state index in [9.17, 15) is 4.39 Å². The maximum atomic E-state index is 13.3. The zero-order chi connectivity index (χ0) is 10.1. The number of rotatable bonds is 1. The van der Waals surface area contributed by atoms with Crippen LogP contribution in [-0.2, 0) is 0 Å². The average molecular weight is 190 g/mol. The molecule has 0 saturated heterocycles. The van der Waals surface area contributed by atoms with Crippen molar-refractivity contribution in [3.63, 3.8) is 0 Å². The van der Waals surface area contributed by atoms with Crippen molar-refractivity contribution in [2.45, 2.75) is 6.92 Å². The van der Waals surface area contributed by atoms with Crippen molar-refractivity contribution in [1.82, 2.24) is 0 Å². The Hall–Kier alpha value is -1.57. The van der Waals surface area contributed by atoms with E-state index in [0.717, 1.165) is 16.3 Å². The van der Waals surface area contributed by atoms with Crippen LogP contribution in [0, 0.1) is 12.7 Å². The Morgan fingerprint density at radius 1 is 1.21 bits per heavy atom. The van der Waals surface area contributed by atoms with Gasteiger partial charge in [0, 0.05) is 0 Å². The third-order valence-electron chi connectivity index (χ3n) is 2.37. The summed E-state index contributed by atoms with van der Waals surface area (Å²) in [7, 11) is 1.47. The largest absolute Gasteiger partial charge is 0.494 e. The number of hydrogen-bond donors (Lipinski definition) is 0. The lowest BCUT2D eigenvalue weighted by Crippen LogP contribution is -1.89. The summed E-state index contributed by atoms with van der Waals surface area (Å²) in [5, 5.41) is 1.94. The van der Waals surface area contributed by atoms with Crippen LogP contribution in [0.4, 0.5) is 4.39 Å². The zero-order valence-corrected chi connectivity index (χ0v) is 8.17. The molecule has 0 N–H and O–H groups in total. The van der Waals surface area contributed by atoms with E-state index in [1.54, 1.807) is 6.07 Å². The van der Waals surface area contributed by atoms with Crippen molar-refractivity contribution in [3.05, 3.63) is 41.7 Å². The minimum Gasteiger partial charge on any atom is -0.494 e. The van der Waals surface area contributed by atoms with E-state index in [4.69, 9.17) is 4.74 Å². The van der Waals surface area contributed by atoms with E-state index in [2.05, 4.69) is 0 Å². The van der Waals surface area contributed by atoms with Gasteiger partial charge in [0.05, 0.1) is 7.11 Å². The zero-order valence-electron chi connectivity index (χ0n) is 8.17. The highest BCUT2D eigenvalue weighted by atomic mass is 19.1. The minimum atomic E-state index is -0.314. The molecule has 1 nitrogen and oxygen atoms in total. The number of methoxy groups -OCH3 is 1. The molecule has 0 bridgehead atoms. The molecule has 0 radical (unpaired) electrons. The molecule has 14 heavy (non-hydrogen) atoms. The molecule has 0 heterocycles. The van der Waals surface area contributed by atoms with Crippen LogP contribution in [0.2, 0.25) is 0 Å². The molecule has 0 unspecified atom stereocenters. The molecule has 0 aliphatic heterocycles. The molecule has 0 fully saturated rings. The van der Waals surface area contributed by atoms with Gasteiger partial charge in [0.2, 0.25) is 0 Å². The second-order valence-corrected chi connectivity index (χ2v) is 3.28. The lowest BCUT2D eigenvalue weighted by molar-refractivity contribution is 0.387. The Morgan fingerprint density at radius 2 is 2.00 bits per heavy atom. The lowest BCUT2D eigenvalue weighted by Gasteiger charge is -2.06. The number of halogens is 1. The molecule has 2 heteroatoms. The molecule has 72 valence electrons. The van der Waals surface area contributed by atoms with E-state index in [1.165, 1.54) is 13.2 Å². The van der Waals surface area contributed by atoms with Gasteiger partial charge in [-0.25, -0.2) is 4.39 Å². The summed E-state index contributed by atoms with van der Waals surface area (Å²) in [5.41, 5.74) is 1.13. The van der Waals surface area contributed by atoms with Gasteiger partial charge in [0.25, 0.3) is 0 Å². The molecule has 2 aromatic rings. The van der Waals surface area contributed by atoms with Gasteiger partial charge in [-0.05, 0) is 35.4 Å². The van der Waals surface area contributed by atoms with Gasteiger partial charge < -0.3 is 4.74 Å². The number of aryl methyl sites for hydroxylation is 1. The highest BCUT2D eigenvalue weighted by molar-refractivity contribution is 5.86. The standard InChI is InChI=1S/C12H11FO/c1-8-4-3-5-9-6-11(13)12(14-2)7-10(8)9/h3-7H,1-2H3. The summed E-state index contributed by atoms with van der Waals surface area (Å²) in [6.45, 7) is 2.00. The number of hydrogen-bond acceptors (Lipinski definition) is 1.